The SMILES string of the molecule is CCc1cc(Oc2nc(NN)ncc2C)ccc1Cl. The van der Waals surface area contributed by atoms with E-state index >= 15 is 0 Å². The summed E-state index contributed by atoms with van der Waals surface area (Å²) in [4.78, 5) is 8.16. The van der Waals surface area contributed by atoms with Gasteiger partial charge in [0.2, 0.25) is 11.8 Å². The Morgan fingerprint density at radius 3 is 2.89 bits per heavy atom. The minimum atomic E-state index is 0.310. The van der Waals surface area contributed by atoms with Gasteiger partial charge in [0.05, 0.1) is 0 Å². The topological polar surface area (TPSA) is 73.1 Å². The molecule has 6 heteroatoms. The van der Waals surface area contributed by atoms with E-state index in [1.165, 1.54) is 0 Å². The molecule has 0 radical (unpaired) electrons. The highest BCUT2D eigenvalue weighted by Gasteiger charge is 2.07. The highest BCUT2D eigenvalue weighted by molar-refractivity contribution is 6.31. The number of nitrogens with two attached hydrogens (primary N) is 1. The fraction of sp³-hybridized carbons (Fsp3) is 0.231. The first-order chi connectivity index (χ1) is 9.13. The van der Waals surface area contributed by atoms with Gasteiger partial charge in [-0.3, -0.25) is 5.43 Å². The van der Waals surface area contributed by atoms with Crippen molar-refractivity contribution in [3.05, 3.63) is 40.5 Å². The number of nitrogen functional groups attached to an aromatic ring is 1. The van der Waals surface area contributed by atoms with Gasteiger partial charge in [-0.1, -0.05) is 18.5 Å². The number of hydrogen-bond donors (Lipinski definition) is 2. The van der Waals surface area contributed by atoms with Crippen LogP contribution in [0.5, 0.6) is 11.6 Å². The fourth-order valence-electron chi connectivity index (χ4n) is 1.60. The number of aryl methyl sites for hydroxylation is 2. The van der Waals surface area contributed by atoms with Crippen LogP contribution in [-0.2, 0) is 6.42 Å². The van der Waals surface area contributed by atoms with Crippen molar-refractivity contribution in [2.75, 3.05) is 5.43 Å². The van der Waals surface area contributed by atoms with E-state index in [0.717, 1.165) is 22.6 Å². The molecule has 0 aliphatic rings. The molecule has 0 fully saturated rings. The molecule has 0 aliphatic carbocycles. The zero-order valence-corrected chi connectivity index (χ0v) is 11.5. The number of hydrazine groups is 1. The Balaban J connectivity index is 2.30. The van der Waals surface area contributed by atoms with Gasteiger partial charge < -0.3 is 4.74 Å². The molecule has 0 saturated carbocycles. The average molecular weight is 279 g/mol. The van der Waals surface area contributed by atoms with E-state index < -0.39 is 0 Å². The molecule has 3 N–H and O–H groups in total. The molecule has 0 unspecified atom stereocenters. The monoisotopic (exact) mass is 278 g/mol. The lowest BCUT2D eigenvalue weighted by Crippen LogP contribution is -2.11. The van der Waals surface area contributed by atoms with Crippen LogP contribution < -0.4 is 16.0 Å². The molecule has 1 aromatic heterocycles. The summed E-state index contributed by atoms with van der Waals surface area (Å²) in [7, 11) is 0. The maximum absolute atomic E-state index is 6.07. The summed E-state index contributed by atoms with van der Waals surface area (Å²) < 4.78 is 5.74. The normalized spacial score (nSPS) is 10.3. The number of halogens is 1. The van der Waals surface area contributed by atoms with Crippen LogP contribution in [0.4, 0.5) is 5.95 Å². The number of rotatable bonds is 4. The molecule has 0 aliphatic heterocycles. The number of nitrogens with one attached hydrogen (secondary N) is 1. The third-order valence-corrected chi connectivity index (χ3v) is 3.04. The number of aromatic nitrogens is 2. The summed E-state index contributed by atoms with van der Waals surface area (Å²) in [6.07, 6.45) is 2.49. The van der Waals surface area contributed by atoms with Crippen molar-refractivity contribution in [3.8, 4) is 11.6 Å². The van der Waals surface area contributed by atoms with E-state index in [2.05, 4.69) is 15.4 Å². The zero-order chi connectivity index (χ0) is 13.8. The molecule has 0 atom stereocenters. The van der Waals surface area contributed by atoms with Crippen molar-refractivity contribution < 1.29 is 4.74 Å². The minimum absolute atomic E-state index is 0.310. The van der Waals surface area contributed by atoms with Crippen LogP contribution in [0.2, 0.25) is 5.02 Å². The minimum Gasteiger partial charge on any atom is -0.439 e. The van der Waals surface area contributed by atoms with Crippen LogP contribution in [0.1, 0.15) is 18.1 Å². The molecule has 0 spiro atoms. The van der Waals surface area contributed by atoms with Crippen molar-refractivity contribution in [2.24, 2.45) is 5.84 Å². The maximum Gasteiger partial charge on any atom is 0.240 e. The highest BCUT2D eigenvalue weighted by Crippen LogP contribution is 2.27. The second kappa shape index (κ2) is 5.86. The Morgan fingerprint density at radius 1 is 1.42 bits per heavy atom. The van der Waals surface area contributed by atoms with E-state index in [0.29, 0.717) is 17.6 Å². The second-order valence-electron chi connectivity index (χ2n) is 4.03. The van der Waals surface area contributed by atoms with Gasteiger partial charge in [0.1, 0.15) is 5.75 Å². The third kappa shape index (κ3) is 3.13. The standard InChI is InChI=1S/C13H15ClN4O/c1-3-9-6-10(4-5-11(9)14)19-12-8(2)7-16-13(17-12)18-15/h4-7H,3,15H2,1-2H3,(H,16,17,18). The van der Waals surface area contributed by atoms with Gasteiger partial charge in [-0.2, -0.15) is 4.98 Å². The van der Waals surface area contributed by atoms with Gasteiger partial charge in [0.15, 0.2) is 0 Å². The van der Waals surface area contributed by atoms with Crippen LogP contribution in [0.25, 0.3) is 0 Å². The first-order valence-electron chi connectivity index (χ1n) is 5.90. The van der Waals surface area contributed by atoms with Gasteiger partial charge in [0.25, 0.3) is 0 Å². The molecule has 2 aromatic rings. The second-order valence-corrected chi connectivity index (χ2v) is 4.44. The van der Waals surface area contributed by atoms with Crippen molar-refractivity contribution >= 4 is 17.5 Å². The summed E-state index contributed by atoms with van der Waals surface area (Å²) in [5.41, 5.74) is 4.25. The van der Waals surface area contributed by atoms with Crippen molar-refractivity contribution in [1.29, 1.82) is 0 Å². The summed E-state index contributed by atoms with van der Waals surface area (Å²) in [5, 5.41) is 0.735. The summed E-state index contributed by atoms with van der Waals surface area (Å²) >= 11 is 6.07. The van der Waals surface area contributed by atoms with Crippen LogP contribution >= 0.6 is 11.6 Å². The quantitative estimate of drug-likeness (QED) is 0.664. The van der Waals surface area contributed by atoms with E-state index in [-0.39, 0.29) is 0 Å². The molecule has 0 bridgehead atoms. The Morgan fingerprint density at radius 2 is 2.21 bits per heavy atom. The van der Waals surface area contributed by atoms with E-state index in [1.807, 2.05) is 26.0 Å². The largest absolute Gasteiger partial charge is 0.439 e. The Kier molecular flexibility index (Phi) is 4.19. The van der Waals surface area contributed by atoms with Crippen molar-refractivity contribution in [3.63, 3.8) is 0 Å². The number of hydrogen-bond acceptors (Lipinski definition) is 5. The fourth-order valence-corrected chi connectivity index (χ4v) is 1.85. The molecular formula is C13H15ClN4O. The first-order valence-corrected chi connectivity index (χ1v) is 6.28. The third-order valence-electron chi connectivity index (χ3n) is 2.67. The van der Waals surface area contributed by atoms with Crippen LogP contribution in [-0.4, -0.2) is 9.97 Å². The summed E-state index contributed by atoms with van der Waals surface area (Å²) in [6, 6.07) is 5.52. The number of benzene rings is 1. The van der Waals surface area contributed by atoms with E-state index in [1.54, 1.807) is 12.3 Å². The first kappa shape index (κ1) is 13.6. The average Bonchev–Trinajstić information content (AvgIpc) is 2.43. The molecule has 0 saturated heterocycles. The molecule has 0 amide bonds. The summed E-state index contributed by atoms with van der Waals surface area (Å²) in [5.74, 6) is 6.74. The predicted molar refractivity (Wildman–Crippen MR) is 75.5 cm³/mol. The highest BCUT2D eigenvalue weighted by atomic mass is 35.5. The molecule has 1 heterocycles. The Labute approximate surface area is 116 Å². The van der Waals surface area contributed by atoms with Gasteiger partial charge in [-0.05, 0) is 37.1 Å². The van der Waals surface area contributed by atoms with Crippen LogP contribution in [0.3, 0.4) is 0 Å². The molecule has 1 aromatic carbocycles. The van der Waals surface area contributed by atoms with Gasteiger partial charge >= 0.3 is 0 Å². The molecule has 2 rings (SSSR count). The van der Waals surface area contributed by atoms with Gasteiger partial charge in [0, 0.05) is 16.8 Å². The van der Waals surface area contributed by atoms with Gasteiger partial charge in [-0.15, -0.1) is 0 Å². The smallest absolute Gasteiger partial charge is 0.240 e. The Bertz CT molecular complexity index is 589. The zero-order valence-electron chi connectivity index (χ0n) is 10.8. The predicted octanol–water partition coefficient (Wildman–Crippen LogP) is 3.08. The van der Waals surface area contributed by atoms with Crippen LogP contribution in [0, 0.1) is 6.92 Å². The molecule has 5 nitrogen and oxygen atoms in total. The van der Waals surface area contributed by atoms with Crippen molar-refractivity contribution in [2.45, 2.75) is 20.3 Å². The number of nitrogens with zero attached hydrogens (tertiary/aromatic N) is 2. The lowest BCUT2D eigenvalue weighted by molar-refractivity contribution is 0.457. The van der Waals surface area contributed by atoms with E-state index in [4.69, 9.17) is 22.2 Å². The van der Waals surface area contributed by atoms with Crippen LogP contribution in [0.15, 0.2) is 24.4 Å². The number of ether oxygens (including phenoxy) is 1. The lowest BCUT2D eigenvalue weighted by Gasteiger charge is -2.10. The summed E-state index contributed by atoms with van der Waals surface area (Å²) in [6.45, 7) is 3.91. The van der Waals surface area contributed by atoms with E-state index in [9.17, 15) is 0 Å². The van der Waals surface area contributed by atoms with Gasteiger partial charge in [-0.25, -0.2) is 10.8 Å². The molecular weight excluding hydrogens is 264 g/mol. The lowest BCUT2D eigenvalue weighted by atomic mass is 10.1. The molecule has 100 valence electrons. The Hall–Kier alpha value is -1.85. The number of anilines is 1. The maximum atomic E-state index is 6.07. The molecule has 19 heavy (non-hydrogen) atoms. The van der Waals surface area contributed by atoms with Crippen molar-refractivity contribution in [1.82, 2.24) is 9.97 Å².